The summed E-state index contributed by atoms with van der Waals surface area (Å²) in [6, 6.07) is 0.757. The minimum atomic E-state index is 0.757. The van der Waals surface area contributed by atoms with Gasteiger partial charge in [-0.2, -0.15) is 0 Å². The molecule has 0 atom stereocenters. The second-order valence-corrected chi connectivity index (χ2v) is 6.80. The maximum absolute atomic E-state index is 2.57. The van der Waals surface area contributed by atoms with E-state index in [1.807, 2.05) is 0 Å². The van der Waals surface area contributed by atoms with Crippen LogP contribution in [0.3, 0.4) is 0 Å². The quantitative estimate of drug-likeness (QED) is 0.707. The van der Waals surface area contributed by atoms with Crippen LogP contribution in [0.1, 0.15) is 53.4 Å². The van der Waals surface area contributed by atoms with Gasteiger partial charge >= 0.3 is 0 Å². The van der Waals surface area contributed by atoms with Crippen LogP contribution in [-0.2, 0) is 0 Å². The fraction of sp³-hybridized carbons (Fsp3) is 1.00. The molecule has 0 amide bonds. The van der Waals surface area contributed by atoms with E-state index < -0.39 is 0 Å². The molecule has 0 unspecified atom stereocenters. The summed E-state index contributed by atoms with van der Waals surface area (Å²) in [6.07, 6.45) is 5.60. The van der Waals surface area contributed by atoms with Crippen LogP contribution in [0.5, 0.6) is 0 Å². The molecule has 0 aromatic heterocycles. The van der Waals surface area contributed by atoms with Crippen LogP contribution in [0.2, 0.25) is 0 Å². The molecule has 18 heavy (non-hydrogen) atoms. The minimum absolute atomic E-state index is 0.757. The number of hydrogen-bond donors (Lipinski definition) is 0. The Morgan fingerprint density at radius 3 is 1.50 bits per heavy atom. The summed E-state index contributed by atoms with van der Waals surface area (Å²) in [5.41, 5.74) is 0. The van der Waals surface area contributed by atoms with Crippen molar-refractivity contribution in [1.82, 2.24) is 9.80 Å². The molecular formula is C16H34N2. The van der Waals surface area contributed by atoms with Gasteiger partial charge in [-0.15, -0.1) is 0 Å². The van der Waals surface area contributed by atoms with Crippen molar-refractivity contribution in [3.8, 4) is 0 Å². The Morgan fingerprint density at radius 1 is 0.778 bits per heavy atom. The molecule has 0 radical (unpaired) electrons. The van der Waals surface area contributed by atoms with Gasteiger partial charge in [0.25, 0.3) is 0 Å². The largest absolute Gasteiger partial charge is 0.306 e. The molecule has 0 saturated carbocycles. The maximum Gasteiger partial charge on any atom is 0.00385 e. The predicted octanol–water partition coefficient (Wildman–Crippen LogP) is 3.47. The Morgan fingerprint density at radius 2 is 1.17 bits per heavy atom. The lowest BCUT2D eigenvalue weighted by Crippen LogP contribution is -2.37. The van der Waals surface area contributed by atoms with Gasteiger partial charge in [-0.25, -0.2) is 0 Å². The lowest BCUT2D eigenvalue weighted by atomic mass is 9.98. The number of likely N-dealkylation sites (tertiary alicyclic amines) is 2. The third-order valence-electron chi connectivity index (χ3n) is 4.56. The van der Waals surface area contributed by atoms with Gasteiger partial charge in [0.2, 0.25) is 0 Å². The van der Waals surface area contributed by atoms with Gasteiger partial charge in [-0.3, -0.25) is 0 Å². The van der Waals surface area contributed by atoms with E-state index in [4.69, 9.17) is 0 Å². The van der Waals surface area contributed by atoms with Crippen LogP contribution < -0.4 is 0 Å². The molecular weight excluding hydrogens is 220 g/mol. The van der Waals surface area contributed by atoms with Gasteiger partial charge in [0.1, 0.15) is 0 Å². The van der Waals surface area contributed by atoms with E-state index in [2.05, 4.69) is 44.5 Å². The molecule has 108 valence electrons. The summed E-state index contributed by atoms with van der Waals surface area (Å²) in [6.45, 7) is 14.5. The monoisotopic (exact) mass is 254 g/mol. The van der Waals surface area contributed by atoms with Gasteiger partial charge in [0, 0.05) is 6.04 Å². The molecule has 0 spiro atoms. The average Bonchev–Trinajstić information content (AvgIpc) is 2.34. The maximum atomic E-state index is 2.57. The van der Waals surface area contributed by atoms with Gasteiger partial charge in [0.05, 0.1) is 0 Å². The first kappa shape index (κ1) is 16.0. The summed E-state index contributed by atoms with van der Waals surface area (Å²) in [5, 5.41) is 0. The zero-order valence-corrected chi connectivity index (χ0v) is 13.3. The highest BCUT2D eigenvalue weighted by Gasteiger charge is 2.16. The molecule has 2 nitrogen and oxygen atoms in total. The molecule has 2 heteroatoms. The van der Waals surface area contributed by atoms with Crippen LogP contribution in [0.15, 0.2) is 0 Å². The van der Waals surface area contributed by atoms with E-state index in [0.29, 0.717) is 0 Å². The second-order valence-electron chi connectivity index (χ2n) is 6.80. The molecule has 2 aliphatic heterocycles. The molecule has 0 N–H and O–H groups in total. The standard InChI is InChI=1S/C9H19N.C7H15N/c1-8(2)10-6-4-9(3)5-7-10;1-7-3-5-8(2)6-4-7/h8-9H,4-7H2,1-3H3;7H,3-6H2,1-2H3. The van der Waals surface area contributed by atoms with Gasteiger partial charge in [-0.05, 0) is 84.6 Å². The third-order valence-corrected chi connectivity index (χ3v) is 4.56. The first-order chi connectivity index (χ1) is 8.49. The van der Waals surface area contributed by atoms with E-state index in [9.17, 15) is 0 Å². The second kappa shape index (κ2) is 8.16. The van der Waals surface area contributed by atoms with Crippen molar-refractivity contribution >= 4 is 0 Å². The van der Waals surface area contributed by atoms with Crippen molar-refractivity contribution in [1.29, 1.82) is 0 Å². The average molecular weight is 254 g/mol. The highest BCUT2D eigenvalue weighted by atomic mass is 15.1. The normalized spacial score (nSPS) is 25.0. The van der Waals surface area contributed by atoms with Crippen molar-refractivity contribution in [2.45, 2.75) is 59.4 Å². The van der Waals surface area contributed by atoms with E-state index in [0.717, 1.165) is 17.9 Å². The van der Waals surface area contributed by atoms with Crippen molar-refractivity contribution in [3.63, 3.8) is 0 Å². The lowest BCUT2D eigenvalue weighted by Gasteiger charge is -2.33. The predicted molar refractivity (Wildman–Crippen MR) is 81.0 cm³/mol. The lowest BCUT2D eigenvalue weighted by molar-refractivity contribution is 0.156. The van der Waals surface area contributed by atoms with Crippen LogP contribution in [0.4, 0.5) is 0 Å². The number of hydrogen-bond acceptors (Lipinski definition) is 2. The SMILES string of the molecule is CC1CCN(C(C)C)CC1.CC1CCN(C)CC1. The topological polar surface area (TPSA) is 6.48 Å². The number of rotatable bonds is 1. The molecule has 2 heterocycles. The summed E-state index contributed by atoms with van der Waals surface area (Å²) in [5.74, 6) is 1.95. The van der Waals surface area contributed by atoms with E-state index >= 15 is 0 Å². The molecule has 0 aliphatic carbocycles. The highest BCUT2D eigenvalue weighted by molar-refractivity contribution is 4.71. The summed E-state index contributed by atoms with van der Waals surface area (Å²) >= 11 is 0. The van der Waals surface area contributed by atoms with E-state index in [-0.39, 0.29) is 0 Å². The Balaban J connectivity index is 0.000000184. The van der Waals surface area contributed by atoms with Crippen LogP contribution in [-0.4, -0.2) is 49.1 Å². The van der Waals surface area contributed by atoms with Crippen molar-refractivity contribution in [2.24, 2.45) is 11.8 Å². The molecule has 0 bridgehead atoms. The number of piperidine rings is 2. The molecule has 0 aromatic rings. The Bertz CT molecular complexity index is 189. The Hall–Kier alpha value is -0.0800. The van der Waals surface area contributed by atoms with Gasteiger partial charge in [-0.1, -0.05) is 13.8 Å². The molecule has 2 rings (SSSR count). The molecule has 2 fully saturated rings. The molecule has 0 aromatic carbocycles. The highest BCUT2D eigenvalue weighted by Crippen LogP contribution is 2.17. The van der Waals surface area contributed by atoms with Gasteiger partial charge < -0.3 is 9.80 Å². The Kier molecular flexibility index (Phi) is 7.25. The zero-order valence-electron chi connectivity index (χ0n) is 13.3. The first-order valence-corrected chi connectivity index (χ1v) is 7.91. The zero-order chi connectivity index (χ0) is 13.5. The van der Waals surface area contributed by atoms with Crippen molar-refractivity contribution in [2.75, 3.05) is 33.2 Å². The Labute approximate surface area is 115 Å². The fourth-order valence-corrected chi connectivity index (χ4v) is 2.68. The van der Waals surface area contributed by atoms with E-state index in [1.54, 1.807) is 0 Å². The van der Waals surface area contributed by atoms with Crippen LogP contribution in [0, 0.1) is 11.8 Å². The van der Waals surface area contributed by atoms with Crippen LogP contribution in [0.25, 0.3) is 0 Å². The van der Waals surface area contributed by atoms with Crippen LogP contribution >= 0.6 is 0 Å². The minimum Gasteiger partial charge on any atom is -0.306 e. The third kappa shape index (κ3) is 6.19. The summed E-state index contributed by atoms with van der Waals surface area (Å²) in [4.78, 5) is 4.97. The van der Waals surface area contributed by atoms with Crippen molar-refractivity contribution in [3.05, 3.63) is 0 Å². The van der Waals surface area contributed by atoms with Crippen molar-refractivity contribution < 1.29 is 0 Å². The van der Waals surface area contributed by atoms with E-state index in [1.165, 1.54) is 51.9 Å². The fourth-order valence-electron chi connectivity index (χ4n) is 2.68. The molecule has 2 saturated heterocycles. The number of nitrogens with zero attached hydrogens (tertiary/aromatic N) is 2. The molecule has 2 aliphatic rings. The van der Waals surface area contributed by atoms with Gasteiger partial charge in [0.15, 0.2) is 0 Å². The summed E-state index contributed by atoms with van der Waals surface area (Å²) in [7, 11) is 2.20. The summed E-state index contributed by atoms with van der Waals surface area (Å²) < 4.78 is 0. The smallest absolute Gasteiger partial charge is 0.00385 e. The first-order valence-electron chi connectivity index (χ1n) is 7.91.